The van der Waals surface area contributed by atoms with E-state index in [1.165, 1.54) is 50.5 Å². The molecule has 0 N–H and O–H groups in total. The molecule has 29 heavy (non-hydrogen) atoms. The molecule has 2 aromatic carbocycles. The number of aryl methyl sites for hydroxylation is 1. The molecule has 154 valence electrons. The summed E-state index contributed by atoms with van der Waals surface area (Å²) in [6, 6.07) is 15.4. The minimum atomic E-state index is -0.374. The highest BCUT2D eigenvalue weighted by atomic mass is 16.6. The normalized spacial score (nSPS) is 13.6. The summed E-state index contributed by atoms with van der Waals surface area (Å²) in [4.78, 5) is 10.4. The molecule has 2 aromatic rings. The molecule has 0 aliphatic carbocycles. The van der Waals surface area contributed by atoms with E-state index in [0.717, 1.165) is 36.3 Å². The van der Waals surface area contributed by atoms with Crippen LogP contribution in [-0.2, 0) is 6.42 Å². The fourth-order valence-electron chi connectivity index (χ4n) is 3.74. The highest BCUT2D eigenvalue weighted by Gasteiger charge is 2.18. The Balaban J connectivity index is 1.49. The molecule has 3 rings (SSSR count). The van der Waals surface area contributed by atoms with Gasteiger partial charge in [-0.1, -0.05) is 57.6 Å². The predicted molar refractivity (Wildman–Crippen MR) is 120 cm³/mol. The van der Waals surface area contributed by atoms with Crippen LogP contribution in [0.4, 0.5) is 11.4 Å². The summed E-state index contributed by atoms with van der Waals surface area (Å²) in [7, 11) is 0. The first kappa shape index (κ1) is 21.0. The lowest BCUT2D eigenvalue weighted by Crippen LogP contribution is -2.11. The minimum Gasteiger partial charge on any atom is -0.265 e. The molecular formula is C24H31N3O2. The largest absolute Gasteiger partial charge is 0.269 e. The van der Waals surface area contributed by atoms with Crippen molar-refractivity contribution in [2.45, 2.75) is 64.7 Å². The number of nitro groups is 1. The molecule has 1 aliphatic heterocycles. The number of hydrazone groups is 1. The van der Waals surface area contributed by atoms with Crippen LogP contribution in [0.5, 0.6) is 0 Å². The van der Waals surface area contributed by atoms with Crippen molar-refractivity contribution in [2.75, 3.05) is 11.6 Å². The van der Waals surface area contributed by atoms with Gasteiger partial charge in [0.2, 0.25) is 0 Å². The van der Waals surface area contributed by atoms with Gasteiger partial charge in [0, 0.05) is 25.1 Å². The Morgan fingerprint density at radius 2 is 1.59 bits per heavy atom. The molecule has 1 aliphatic rings. The van der Waals surface area contributed by atoms with Crippen molar-refractivity contribution in [3.63, 3.8) is 0 Å². The topological polar surface area (TPSA) is 58.7 Å². The summed E-state index contributed by atoms with van der Waals surface area (Å²) in [5.41, 5.74) is 4.53. The molecule has 0 fully saturated rings. The summed E-state index contributed by atoms with van der Waals surface area (Å²) in [6.45, 7) is 3.09. The van der Waals surface area contributed by atoms with Crippen LogP contribution >= 0.6 is 0 Å². The van der Waals surface area contributed by atoms with Gasteiger partial charge in [-0.25, -0.2) is 0 Å². The first-order chi connectivity index (χ1) is 14.2. The van der Waals surface area contributed by atoms with E-state index in [4.69, 9.17) is 5.10 Å². The van der Waals surface area contributed by atoms with Crippen molar-refractivity contribution in [2.24, 2.45) is 5.10 Å². The van der Waals surface area contributed by atoms with Gasteiger partial charge in [-0.3, -0.25) is 15.1 Å². The maximum Gasteiger partial charge on any atom is 0.269 e. The lowest BCUT2D eigenvalue weighted by molar-refractivity contribution is -0.384. The van der Waals surface area contributed by atoms with Crippen LogP contribution in [0.25, 0.3) is 0 Å². The van der Waals surface area contributed by atoms with Gasteiger partial charge in [0.05, 0.1) is 16.3 Å². The molecule has 0 amide bonds. The van der Waals surface area contributed by atoms with Crippen molar-refractivity contribution < 1.29 is 4.92 Å². The SMILES string of the molecule is CCCCCCCCCc1ccc(N2CCC(c3ccc([N+](=O)[O-])cc3)=N2)cc1. The first-order valence-corrected chi connectivity index (χ1v) is 10.9. The van der Waals surface area contributed by atoms with Crippen molar-refractivity contribution in [1.82, 2.24) is 0 Å². The van der Waals surface area contributed by atoms with E-state index < -0.39 is 0 Å². The molecule has 0 aromatic heterocycles. The van der Waals surface area contributed by atoms with Crippen molar-refractivity contribution >= 4 is 17.1 Å². The van der Waals surface area contributed by atoms with Gasteiger partial charge in [0.15, 0.2) is 0 Å². The third-order valence-electron chi connectivity index (χ3n) is 5.52. The summed E-state index contributed by atoms with van der Waals surface area (Å²) in [6.07, 6.45) is 11.3. The summed E-state index contributed by atoms with van der Waals surface area (Å²) in [5, 5.41) is 17.5. The number of nitrogens with zero attached hydrogens (tertiary/aromatic N) is 3. The highest BCUT2D eigenvalue weighted by molar-refractivity contribution is 6.02. The van der Waals surface area contributed by atoms with Gasteiger partial charge in [0.1, 0.15) is 0 Å². The Hall–Kier alpha value is -2.69. The lowest BCUT2D eigenvalue weighted by Gasteiger charge is -2.14. The molecule has 0 radical (unpaired) electrons. The molecule has 0 spiro atoms. The van der Waals surface area contributed by atoms with Crippen LogP contribution in [0.15, 0.2) is 53.6 Å². The van der Waals surface area contributed by atoms with Gasteiger partial charge in [-0.05, 0) is 48.2 Å². The van der Waals surface area contributed by atoms with E-state index in [9.17, 15) is 10.1 Å². The molecular weight excluding hydrogens is 362 g/mol. The third kappa shape index (κ3) is 6.14. The van der Waals surface area contributed by atoms with E-state index in [1.807, 2.05) is 5.01 Å². The van der Waals surface area contributed by atoms with Crippen LogP contribution in [0.2, 0.25) is 0 Å². The Labute approximate surface area is 173 Å². The number of unbranched alkanes of at least 4 members (excludes halogenated alkanes) is 6. The number of hydrogen-bond acceptors (Lipinski definition) is 4. The molecule has 0 atom stereocenters. The fourth-order valence-corrected chi connectivity index (χ4v) is 3.74. The number of hydrogen-bond donors (Lipinski definition) is 0. The van der Waals surface area contributed by atoms with Crippen LogP contribution in [0, 0.1) is 10.1 Å². The number of rotatable bonds is 11. The Bertz CT molecular complexity index is 813. The van der Waals surface area contributed by atoms with Crippen LogP contribution in [0.1, 0.15) is 69.4 Å². The zero-order chi connectivity index (χ0) is 20.5. The highest BCUT2D eigenvalue weighted by Crippen LogP contribution is 2.24. The number of nitro benzene ring substituents is 1. The molecule has 0 unspecified atom stereocenters. The number of benzene rings is 2. The molecule has 1 heterocycles. The Morgan fingerprint density at radius 3 is 2.24 bits per heavy atom. The van der Waals surface area contributed by atoms with Crippen LogP contribution in [0.3, 0.4) is 0 Å². The Kier molecular flexibility index (Phi) is 7.79. The maximum absolute atomic E-state index is 10.8. The summed E-state index contributed by atoms with van der Waals surface area (Å²) >= 11 is 0. The summed E-state index contributed by atoms with van der Waals surface area (Å²) in [5.74, 6) is 0. The second-order valence-corrected chi connectivity index (χ2v) is 7.76. The summed E-state index contributed by atoms with van der Waals surface area (Å²) < 4.78 is 0. The maximum atomic E-state index is 10.8. The van der Waals surface area contributed by atoms with Crippen molar-refractivity contribution in [1.29, 1.82) is 0 Å². The predicted octanol–water partition coefficient (Wildman–Crippen LogP) is 6.50. The van der Waals surface area contributed by atoms with Crippen molar-refractivity contribution in [3.05, 3.63) is 69.8 Å². The second kappa shape index (κ2) is 10.7. The lowest BCUT2D eigenvalue weighted by atomic mass is 10.0. The average molecular weight is 394 g/mol. The number of anilines is 1. The van der Waals surface area contributed by atoms with E-state index >= 15 is 0 Å². The van der Waals surface area contributed by atoms with E-state index in [-0.39, 0.29) is 10.6 Å². The molecule has 5 nitrogen and oxygen atoms in total. The van der Waals surface area contributed by atoms with Gasteiger partial charge in [-0.2, -0.15) is 5.10 Å². The average Bonchev–Trinajstić information content (AvgIpc) is 3.24. The molecule has 0 saturated heterocycles. The Morgan fingerprint density at radius 1 is 0.931 bits per heavy atom. The monoisotopic (exact) mass is 393 g/mol. The van der Waals surface area contributed by atoms with Gasteiger partial charge < -0.3 is 0 Å². The van der Waals surface area contributed by atoms with E-state index in [0.29, 0.717) is 0 Å². The second-order valence-electron chi connectivity index (χ2n) is 7.76. The zero-order valence-electron chi connectivity index (χ0n) is 17.3. The molecule has 0 saturated carbocycles. The van der Waals surface area contributed by atoms with E-state index in [1.54, 1.807) is 24.3 Å². The first-order valence-electron chi connectivity index (χ1n) is 10.9. The van der Waals surface area contributed by atoms with Gasteiger partial charge in [-0.15, -0.1) is 0 Å². The zero-order valence-corrected chi connectivity index (χ0v) is 17.3. The standard InChI is InChI=1S/C24H31N3O2/c1-2-3-4-5-6-7-8-9-20-10-14-22(15-11-20)26-19-18-24(25-26)21-12-16-23(17-13-21)27(28)29/h10-17H,2-9,18-19H2,1H3. The van der Waals surface area contributed by atoms with Crippen LogP contribution in [-0.4, -0.2) is 17.2 Å². The fraction of sp³-hybridized carbons (Fsp3) is 0.458. The van der Waals surface area contributed by atoms with Crippen molar-refractivity contribution in [3.8, 4) is 0 Å². The van der Waals surface area contributed by atoms with Gasteiger partial charge >= 0.3 is 0 Å². The quantitative estimate of drug-likeness (QED) is 0.249. The smallest absolute Gasteiger partial charge is 0.265 e. The molecule has 5 heteroatoms. The third-order valence-corrected chi connectivity index (χ3v) is 5.52. The van der Waals surface area contributed by atoms with E-state index in [2.05, 4.69) is 31.2 Å². The number of non-ortho nitro benzene ring substituents is 1. The minimum absolute atomic E-state index is 0.112. The molecule has 0 bridgehead atoms. The van der Waals surface area contributed by atoms with Gasteiger partial charge in [0.25, 0.3) is 5.69 Å². The van der Waals surface area contributed by atoms with Crippen LogP contribution < -0.4 is 5.01 Å².